The average Bonchev–Trinajstić information content (AvgIpc) is 2.30. The minimum absolute atomic E-state index is 0.0375. The van der Waals surface area contributed by atoms with E-state index in [4.69, 9.17) is 0 Å². The molecule has 1 aromatic carbocycles. The van der Waals surface area contributed by atoms with E-state index in [0.717, 1.165) is 25.7 Å². The van der Waals surface area contributed by atoms with Crippen molar-refractivity contribution in [1.29, 1.82) is 0 Å². The Morgan fingerprint density at radius 2 is 1.81 bits per heavy atom. The van der Waals surface area contributed by atoms with Crippen LogP contribution >= 0.6 is 0 Å². The quantitative estimate of drug-likeness (QED) is 0.708. The first kappa shape index (κ1) is 9.88. The number of amides is 1. The fourth-order valence-electron chi connectivity index (χ4n) is 3.25. The van der Waals surface area contributed by atoms with Crippen molar-refractivity contribution < 1.29 is 4.79 Å². The minimum atomic E-state index is -0.0375. The number of hydrogen-bond acceptors (Lipinski definition) is 1. The maximum absolute atomic E-state index is 11.6. The SMILES string of the molecule is O=C1CCC[C@@]2(CCCc3ccccc32)N1. The largest absolute Gasteiger partial charge is 0.347 e. The molecule has 0 bridgehead atoms. The summed E-state index contributed by atoms with van der Waals surface area (Å²) in [6.45, 7) is 0. The summed E-state index contributed by atoms with van der Waals surface area (Å²) in [5.41, 5.74) is 2.76. The van der Waals surface area contributed by atoms with Crippen LogP contribution in [0.15, 0.2) is 24.3 Å². The third-order valence-electron chi connectivity index (χ3n) is 3.97. The number of aryl methyl sites for hydroxylation is 1. The smallest absolute Gasteiger partial charge is 0.220 e. The molecule has 0 saturated carbocycles. The van der Waals surface area contributed by atoms with Crippen molar-refractivity contribution in [3.8, 4) is 0 Å². The van der Waals surface area contributed by atoms with Gasteiger partial charge >= 0.3 is 0 Å². The highest BCUT2D eigenvalue weighted by atomic mass is 16.1. The molecule has 1 saturated heterocycles. The van der Waals surface area contributed by atoms with E-state index in [-0.39, 0.29) is 11.4 Å². The van der Waals surface area contributed by atoms with Gasteiger partial charge in [0, 0.05) is 6.42 Å². The number of rotatable bonds is 0. The molecule has 0 unspecified atom stereocenters. The molecular weight excluding hydrogens is 198 g/mol. The normalized spacial score (nSPS) is 28.6. The maximum Gasteiger partial charge on any atom is 0.220 e. The summed E-state index contributed by atoms with van der Waals surface area (Å²) >= 11 is 0. The van der Waals surface area contributed by atoms with Crippen LogP contribution in [0.25, 0.3) is 0 Å². The first-order valence-electron chi connectivity index (χ1n) is 6.20. The first-order valence-corrected chi connectivity index (χ1v) is 6.20. The van der Waals surface area contributed by atoms with Crippen molar-refractivity contribution in [2.75, 3.05) is 0 Å². The van der Waals surface area contributed by atoms with E-state index in [9.17, 15) is 4.79 Å². The molecule has 3 rings (SSSR count). The van der Waals surface area contributed by atoms with Crippen molar-refractivity contribution in [3.63, 3.8) is 0 Å². The van der Waals surface area contributed by atoms with Crippen molar-refractivity contribution in [1.82, 2.24) is 5.32 Å². The van der Waals surface area contributed by atoms with E-state index in [1.165, 1.54) is 17.5 Å². The molecule has 84 valence electrons. The molecule has 1 aliphatic carbocycles. The van der Waals surface area contributed by atoms with Crippen LogP contribution in [0, 0.1) is 0 Å². The second-order valence-electron chi connectivity index (χ2n) is 4.99. The Morgan fingerprint density at radius 1 is 1.06 bits per heavy atom. The highest BCUT2D eigenvalue weighted by molar-refractivity contribution is 5.78. The minimum Gasteiger partial charge on any atom is -0.347 e. The Bertz CT molecular complexity index is 426. The molecule has 1 aromatic rings. The van der Waals surface area contributed by atoms with Gasteiger partial charge in [-0.05, 0) is 43.2 Å². The topological polar surface area (TPSA) is 29.1 Å². The molecule has 0 radical (unpaired) electrons. The molecule has 1 amide bonds. The van der Waals surface area contributed by atoms with Crippen molar-refractivity contribution in [3.05, 3.63) is 35.4 Å². The second kappa shape index (κ2) is 3.62. The molecule has 0 aromatic heterocycles. The van der Waals surface area contributed by atoms with Crippen molar-refractivity contribution in [2.45, 2.75) is 44.1 Å². The van der Waals surface area contributed by atoms with Gasteiger partial charge in [-0.1, -0.05) is 24.3 Å². The fraction of sp³-hybridized carbons (Fsp3) is 0.500. The number of piperidine rings is 1. The number of hydrogen-bond donors (Lipinski definition) is 1. The lowest BCUT2D eigenvalue weighted by Gasteiger charge is -2.42. The van der Waals surface area contributed by atoms with E-state index in [2.05, 4.69) is 29.6 Å². The molecule has 1 spiro atoms. The number of benzene rings is 1. The fourth-order valence-corrected chi connectivity index (χ4v) is 3.25. The molecule has 1 heterocycles. The van der Waals surface area contributed by atoms with Crippen LogP contribution in [0.5, 0.6) is 0 Å². The number of fused-ring (bicyclic) bond motifs is 2. The average molecular weight is 215 g/mol. The Morgan fingerprint density at radius 3 is 2.62 bits per heavy atom. The summed E-state index contributed by atoms with van der Waals surface area (Å²) in [6.07, 6.45) is 6.29. The summed E-state index contributed by atoms with van der Waals surface area (Å²) in [5, 5.41) is 3.25. The van der Waals surface area contributed by atoms with Crippen molar-refractivity contribution in [2.24, 2.45) is 0 Å². The van der Waals surface area contributed by atoms with E-state index < -0.39 is 0 Å². The Labute approximate surface area is 96.1 Å². The Kier molecular flexibility index (Phi) is 2.23. The number of carbonyl (C=O) groups excluding carboxylic acids is 1. The van der Waals surface area contributed by atoms with E-state index in [1.54, 1.807) is 0 Å². The molecule has 2 aliphatic rings. The van der Waals surface area contributed by atoms with Gasteiger partial charge in [-0.25, -0.2) is 0 Å². The summed E-state index contributed by atoms with van der Waals surface area (Å²) < 4.78 is 0. The zero-order valence-electron chi connectivity index (χ0n) is 9.46. The Hall–Kier alpha value is -1.31. The van der Waals surface area contributed by atoms with Gasteiger partial charge in [-0.2, -0.15) is 0 Å². The van der Waals surface area contributed by atoms with Gasteiger partial charge in [-0.15, -0.1) is 0 Å². The zero-order valence-corrected chi connectivity index (χ0v) is 9.46. The highest BCUT2D eigenvalue weighted by Crippen LogP contribution is 2.40. The van der Waals surface area contributed by atoms with Crippen molar-refractivity contribution >= 4 is 5.91 Å². The highest BCUT2D eigenvalue weighted by Gasteiger charge is 2.39. The van der Waals surface area contributed by atoms with Gasteiger partial charge < -0.3 is 5.32 Å². The molecule has 16 heavy (non-hydrogen) atoms. The number of carbonyl (C=O) groups is 1. The van der Waals surface area contributed by atoms with Gasteiger partial charge in [0.2, 0.25) is 5.91 Å². The summed E-state index contributed by atoms with van der Waals surface area (Å²) in [6, 6.07) is 8.59. The lowest BCUT2D eigenvalue weighted by atomic mass is 9.72. The van der Waals surface area contributed by atoms with Gasteiger partial charge in [-0.3, -0.25) is 4.79 Å². The zero-order chi connectivity index (χ0) is 11.0. The second-order valence-corrected chi connectivity index (χ2v) is 4.99. The van der Waals surface area contributed by atoms with Crippen LogP contribution in [0.4, 0.5) is 0 Å². The predicted molar refractivity (Wildman–Crippen MR) is 63.1 cm³/mol. The standard InChI is InChI=1S/C14H17NO/c16-13-8-4-10-14(15-13)9-3-6-11-5-1-2-7-12(11)14/h1-2,5,7H,3-4,6,8-10H2,(H,15,16)/t14-/m1/s1. The predicted octanol–water partition coefficient (Wildman–Crippen LogP) is 2.52. The van der Waals surface area contributed by atoms with E-state index >= 15 is 0 Å². The van der Waals surface area contributed by atoms with Crippen LogP contribution in [0.3, 0.4) is 0 Å². The molecular formula is C14H17NO. The lowest BCUT2D eigenvalue weighted by Crippen LogP contribution is -2.50. The number of nitrogens with one attached hydrogen (secondary N) is 1. The van der Waals surface area contributed by atoms with Crippen LogP contribution in [-0.2, 0) is 16.8 Å². The molecule has 2 nitrogen and oxygen atoms in total. The molecule has 2 heteroatoms. The monoisotopic (exact) mass is 215 g/mol. The van der Waals surface area contributed by atoms with E-state index in [1.807, 2.05) is 0 Å². The third-order valence-corrected chi connectivity index (χ3v) is 3.97. The van der Waals surface area contributed by atoms with Crippen LogP contribution in [0.1, 0.15) is 43.2 Å². The lowest BCUT2D eigenvalue weighted by molar-refractivity contribution is -0.125. The van der Waals surface area contributed by atoms with Gasteiger partial charge in [0.05, 0.1) is 5.54 Å². The van der Waals surface area contributed by atoms with Gasteiger partial charge in [0.15, 0.2) is 0 Å². The third kappa shape index (κ3) is 1.44. The summed E-state index contributed by atoms with van der Waals surface area (Å²) in [4.78, 5) is 11.6. The van der Waals surface area contributed by atoms with E-state index in [0.29, 0.717) is 6.42 Å². The maximum atomic E-state index is 11.6. The molecule has 1 aliphatic heterocycles. The first-order chi connectivity index (χ1) is 7.80. The van der Waals surface area contributed by atoms with Gasteiger partial charge in [0.25, 0.3) is 0 Å². The molecule has 1 fully saturated rings. The van der Waals surface area contributed by atoms with Crippen LogP contribution in [0.2, 0.25) is 0 Å². The van der Waals surface area contributed by atoms with Crippen LogP contribution < -0.4 is 5.32 Å². The summed E-state index contributed by atoms with van der Waals surface area (Å²) in [5.74, 6) is 0.225. The van der Waals surface area contributed by atoms with Gasteiger partial charge in [0.1, 0.15) is 0 Å². The molecule has 1 atom stereocenters. The Balaban J connectivity index is 2.05. The molecule has 1 N–H and O–H groups in total. The summed E-state index contributed by atoms with van der Waals surface area (Å²) in [7, 11) is 0. The van der Waals surface area contributed by atoms with Crippen LogP contribution in [-0.4, -0.2) is 5.91 Å².